The molecule has 1 aromatic heterocycles. The highest BCUT2D eigenvalue weighted by Gasteiger charge is 2.10. The molecule has 0 radical (unpaired) electrons. The van der Waals surface area contributed by atoms with Gasteiger partial charge in [-0.15, -0.1) is 0 Å². The Kier molecular flexibility index (Phi) is 3.16. The highest BCUT2D eigenvalue weighted by molar-refractivity contribution is 7.07. The fraction of sp³-hybridized carbons (Fsp3) is 0.0909. The molecule has 72 valence electrons. The molecule has 0 fully saturated rings. The predicted molar refractivity (Wildman–Crippen MR) is 56.2 cm³/mol. The molecule has 3 heteroatoms. The van der Waals surface area contributed by atoms with Gasteiger partial charge in [0.2, 0.25) is 0 Å². The first kappa shape index (κ1) is 9.24. The molecular weight excluding hydrogens is 196 g/mol. The zero-order valence-corrected chi connectivity index (χ0v) is 8.37. The number of benzene rings is 1. The molecule has 0 unspecified atom stereocenters. The fourth-order valence-corrected chi connectivity index (χ4v) is 1.54. The number of fused-ring (bicyclic) bond motifs is 1. The van der Waals surface area contributed by atoms with Crippen molar-refractivity contribution in [3.8, 4) is 5.75 Å². The summed E-state index contributed by atoms with van der Waals surface area (Å²) in [7, 11) is 0. The molecule has 1 aromatic carbocycles. The second-order valence-corrected chi connectivity index (χ2v) is 3.56. The van der Waals surface area contributed by atoms with Crippen LogP contribution in [0.3, 0.4) is 0 Å². The van der Waals surface area contributed by atoms with Crippen LogP contribution in [0.4, 0.5) is 0 Å². The van der Waals surface area contributed by atoms with Gasteiger partial charge in [0.25, 0.3) is 0 Å². The van der Waals surface area contributed by atoms with Gasteiger partial charge in [-0.3, -0.25) is 0 Å². The Balaban J connectivity index is 0.000000128. The summed E-state index contributed by atoms with van der Waals surface area (Å²) in [5, 5.41) is 4.08. The van der Waals surface area contributed by atoms with E-state index in [1.165, 1.54) is 0 Å². The summed E-state index contributed by atoms with van der Waals surface area (Å²) >= 11 is 1.71. The second kappa shape index (κ2) is 4.79. The van der Waals surface area contributed by atoms with E-state index < -0.39 is 0 Å². The van der Waals surface area contributed by atoms with Crippen molar-refractivity contribution < 1.29 is 9.78 Å². The van der Waals surface area contributed by atoms with Crippen molar-refractivity contribution in [3.05, 3.63) is 52.7 Å². The smallest absolute Gasteiger partial charge is 0.171 e. The largest absolute Gasteiger partial charge is 0.337 e. The van der Waals surface area contributed by atoms with Gasteiger partial charge in [-0.2, -0.15) is 16.2 Å². The maximum absolute atomic E-state index is 4.80. The van der Waals surface area contributed by atoms with E-state index >= 15 is 0 Å². The molecule has 2 nitrogen and oxygen atoms in total. The normalized spacial score (nSPS) is 12.3. The third-order valence-electron chi connectivity index (χ3n) is 1.76. The van der Waals surface area contributed by atoms with Crippen molar-refractivity contribution in [2.24, 2.45) is 0 Å². The van der Waals surface area contributed by atoms with Crippen LogP contribution in [0.15, 0.2) is 47.2 Å². The standard InChI is InChI=1S/C7H6O2.C4H4S/c1-2-4-7-6(3-1)5-8-9-7;1-2-4-5-3-1/h1-4H,5H2;1-4H. The highest BCUT2D eigenvalue weighted by Crippen LogP contribution is 2.24. The number of thiophene rings is 1. The van der Waals surface area contributed by atoms with Crippen molar-refractivity contribution in [1.82, 2.24) is 0 Å². The minimum atomic E-state index is 0.580. The zero-order chi connectivity index (χ0) is 9.64. The number of hydrogen-bond acceptors (Lipinski definition) is 3. The Labute approximate surface area is 86.7 Å². The van der Waals surface area contributed by atoms with E-state index in [2.05, 4.69) is 0 Å². The molecule has 0 spiro atoms. The summed E-state index contributed by atoms with van der Waals surface area (Å²) < 4.78 is 0. The van der Waals surface area contributed by atoms with Crippen molar-refractivity contribution in [1.29, 1.82) is 0 Å². The quantitative estimate of drug-likeness (QED) is 0.616. The van der Waals surface area contributed by atoms with Crippen LogP contribution < -0.4 is 4.89 Å². The summed E-state index contributed by atoms with van der Waals surface area (Å²) in [5.41, 5.74) is 1.12. The minimum Gasteiger partial charge on any atom is -0.337 e. The molecule has 2 heterocycles. The van der Waals surface area contributed by atoms with Crippen molar-refractivity contribution in [2.75, 3.05) is 0 Å². The van der Waals surface area contributed by atoms with Crippen LogP contribution in [0, 0.1) is 0 Å². The summed E-state index contributed by atoms with van der Waals surface area (Å²) in [5.74, 6) is 0.845. The minimum absolute atomic E-state index is 0.580. The van der Waals surface area contributed by atoms with Crippen LogP contribution in [0.5, 0.6) is 5.75 Å². The van der Waals surface area contributed by atoms with Gasteiger partial charge in [-0.25, -0.2) is 0 Å². The number of para-hydroxylation sites is 1. The maximum atomic E-state index is 4.80. The first-order chi connectivity index (χ1) is 6.97. The van der Waals surface area contributed by atoms with Crippen molar-refractivity contribution in [3.63, 3.8) is 0 Å². The molecule has 0 N–H and O–H groups in total. The van der Waals surface area contributed by atoms with Crippen LogP contribution in [-0.2, 0) is 11.5 Å². The second-order valence-electron chi connectivity index (χ2n) is 2.75. The molecule has 3 rings (SSSR count). The Morgan fingerprint density at radius 3 is 2.43 bits per heavy atom. The Hall–Kier alpha value is -1.32. The van der Waals surface area contributed by atoms with Crippen LogP contribution in [0.2, 0.25) is 0 Å². The Morgan fingerprint density at radius 2 is 1.79 bits per heavy atom. The van der Waals surface area contributed by atoms with Gasteiger partial charge >= 0.3 is 0 Å². The van der Waals surface area contributed by atoms with Crippen LogP contribution in [0.25, 0.3) is 0 Å². The van der Waals surface area contributed by atoms with Crippen LogP contribution in [0.1, 0.15) is 5.56 Å². The lowest BCUT2D eigenvalue weighted by atomic mass is 10.2. The van der Waals surface area contributed by atoms with Crippen molar-refractivity contribution in [2.45, 2.75) is 6.61 Å². The van der Waals surface area contributed by atoms with E-state index in [-0.39, 0.29) is 0 Å². The molecule has 2 aromatic rings. The molecule has 0 aliphatic carbocycles. The summed E-state index contributed by atoms with van der Waals surface area (Å²) in [6.07, 6.45) is 0. The van der Waals surface area contributed by atoms with E-state index in [4.69, 9.17) is 9.78 Å². The van der Waals surface area contributed by atoms with Gasteiger partial charge in [-0.05, 0) is 16.8 Å². The van der Waals surface area contributed by atoms with Crippen LogP contribution >= 0.6 is 11.3 Å². The molecule has 1 aliphatic rings. The monoisotopic (exact) mass is 206 g/mol. The third kappa shape index (κ3) is 2.34. The van der Waals surface area contributed by atoms with Gasteiger partial charge in [0.05, 0.1) is 0 Å². The summed E-state index contributed by atoms with van der Waals surface area (Å²) in [6.45, 7) is 0.580. The SMILES string of the molecule is c1ccc2c(c1)COO2.c1ccsc1. The van der Waals surface area contributed by atoms with Crippen molar-refractivity contribution >= 4 is 11.3 Å². The van der Waals surface area contributed by atoms with Gasteiger partial charge in [0.1, 0.15) is 6.61 Å². The van der Waals surface area contributed by atoms with Gasteiger partial charge in [0, 0.05) is 5.56 Å². The summed E-state index contributed by atoms with van der Waals surface area (Å²) in [4.78, 5) is 9.51. The first-order valence-electron chi connectivity index (χ1n) is 4.31. The zero-order valence-electron chi connectivity index (χ0n) is 7.55. The molecular formula is C11H10O2S. The van der Waals surface area contributed by atoms with Gasteiger partial charge in [-0.1, -0.05) is 30.3 Å². The molecule has 0 bridgehead atoms. The molecule has 1 aliphatic heterocycles. The number of hydrogen-bond donors (Lipinski definition) is 0. The van der Waals surface area contributed by atoms with E-state index in [9.17, 15) is 0 Å². The van der Waals surface area contributed by atoms with E-state index in [1.54, 1.807) is 11.3 Å². The lowest BCUT2D eigenvalue weighted by Gasteiger charge is -1.89. The predicted octanol–water partition coefficient (Wildman–Crippen LogP) is 3.26. The average Bonchev–Trinajstić information content (AvgIpc) is 2.92. The molecule has 0 amide bonds. The molecule has 0 atom stereocenters. The molecule has 14 heavy (non-hydrogen) atoms. The van der Waals surface area contributed by atoms with E-state index in [0.717, 1.165) is 11.3 Å². The highest BCUT2D eigenvalue weighted by atomic mass is 32.1. The van der Waals surface area contributed by atoms with Gasteiger partial charge in [0.15, 0.2) is 5.75 Å². The lowest BCUT2D eigenvalue weighted by molar-refractivity contribution is -0.194. The topological polar surface area (TPSA) is 18.5 Å². The summed E-state index contributed by atoms with van der Waals surface area (Å²) in [6, 6.07) is 11.8. The first-order valence-corrected chi connectivity index (χ1v) is 5.25. The molecule has 0 saturated heterocycles. The third-order valence-corrected chi connectivity index (χ3v) is 2.39. The van der Waals surface area contributed by atoms with Crippen LogP contribution in [-0.4, -0.2) is 0 Å². The number of rotatable bonds is 0. The maximum Gasteiger partial charge on any atom is 0.171 e. The average molecular weight is 206 g/mol. The van der Waals surface area contributed by atoms with E-state index in [0.29, 0.717) is 6.61 Å². The Morgan fingerprint density at radius 1 is 1.00 bits per heavy atom. The van der Waals surface area contributed by atoms with Gasteiger partial charge < -0.3 is 4.89 Å². The lowest BCUT2D eigenvalue weighted by Crippen LogP contribution is -1.80. The fourth-order valence-electron chi connectivity index (χ4n) is 1.09. The Bertz CT molecular complexity index is 330. The molecule has 0 saturated carbocycles. The van der Waals surface area contributed by atoms with E-state index in [1.807, 2.05) is 47.2 Å².